The second kappa shape index (κ2) is 7.63. The number of likely N-dealkylation sites (N-methyl/N-ethyl adjacent to an activating group) is 1. The van der Waals surface area contributed by atoms with Crippen LogP contribution in [0.1, 0.15) is 16.1 Å². The summed E-state index contributed by atoms with van der Waals surface area (Å²) in [6.07, 6.45) is 1.36. The molecule has 0 saturated heterocycles. The minimum atomic E-state index is -0.364. The highest BCUT2D eigenvalue weighted by molar-refractivity contribution is 6.05. The smallest absolute Gasteiger partial charge is 0.280 e. The average Bonchev–Trinajstić information content (AvgIpc) is 3.16. The summed E-state index contributed by atoms with van der Waals surface area (Å²) in [5, 5.41) is 8.05. The van der Waals surface area contributed by atoms with Gasteiger partial charge in [0.2, 0.25) is 0 Å². The van der Waals surface area contributed by atoms with Crippen molar-refractivity contribution in [3.8, 4) is 11.4 Å². The first-order chi connectivity index (χ1) is 13.9. The van der Waals surface area contributed by atoms with Crippen LogP contribution in [0, 0.1) is 12.7 Å². The van der Waals surface area contributed by atoms with E-state index < -0.39 is 0 Å². The summed E-state index contributed by atoms with van der Waals surface area (Å²) in [5.74, 6) is 0.0213. The van der Waals surface area contributed by atoms with Crippen LogP contribution < -0.4 is 9.64 Å². The van der Waals surface area contributed by atoms with Crippen LogP contribution in [0.2, 0.25) is 0 Å². The van der Waals surface area contributed by atoms with Gasteiger partial charge in [0.1, 0.15) is 17.7 Å². The Hall–Kier alpha value is -3.26. The van der Waals surface area contributed by atoms with Crippen molar-refractivity contribution in [2.24, 2.45) is 0 Å². The van der Waals surface area contributed by atoms with E-state index in [1.165, 1.54) is 23.0 Å². The summed E-state index contributed by atoms with van der Waals surface area (Å²) >= 11 is 0. The predicted octanol–water partition coefficient (Wildman–Crippen LogP) is 2.68. The van der Waals surface area contributed by atoms with Crippen molar-refractivity contribution in [2.75, 3.05) is 32.1 Å². The second-order valence-corrected chi connectivity index (χ2v) is 7.42. The molecule has 1 aliphatic rings. The van der Waals surface area contributed by atoms with Gasteiger partial charge in [0.15, 0.2) is 5.69 Å². The molecule has 1 unspecified atom stereocenters. The Bertz CT molecular complexity index is 1030. The van der Waals surface area contributed by atoms with Gasteiger partial charge in [-0.15, -0.1) is 5.10 Å². The highest BCUT2D eigenvalue weighted by Crippen LogP contribution is 2.34. The van der Waals surface area contributed by atoms with Crippen LogP contribution in [0.3, 0.4) is 0 Å². The summed E-state index contributed by atoms with van der Waals surface area (Å²) in [4.78, 5) is 16.9. The molecule has 0 radical (unpaired) electrons. The molecule has 0 aliphatic carbocycles. The minimum absolute atomic E-state index is 0.162. The van der Waals surface area contributed by atoms with Crippen LogP contribution in [0.25, 0.3) is 5.69 Å². The van der Waals surface area contributed by atoms with Crippen molar-refractivity contribution in [3.63, 3.8) is 0 Å². The lowest BCUT2D eigenvalue weighted by Crippen LogP contribution is -2.47. The largest absolute Gasteiger partial charge is 0.485 e. The van der Waals surface area contributed by atoms with Gasteiger partial charge in [0.25, 0.3) is 5.91 Å². The maximum absolute atomic E-state index is 13.7. The highest BCUT2D eigenvalue weighted by atomic mass is 19.1. The topological polar surface area (TPSA) is 63.5 Å². The number of rotatable bonds is 4. The standard InChI is InChI=1S/C21H22FN5O2/c1-14-8-15(22)10-16(9-14)27-13-18(23-24-27)21(28)26-12-17(11-25(2)3)29-20-7-5-4-6-19(20)26/h4-10,13,17H,11-12H2,1-3H3. The molecule has 1 aliphatic heterocycles. The maximum Gasteiger partial charge on any atom is 0.280 e. The molecule has 7 nitrogen and oxygen atoms in total. The molecule has 0 bridgehead atoms. The first kappa shape index (κ1) is 19.1. The highest BCUT2D eigenvalue weighted by Gasteiger charge is 2.31. The van der Waals surface area contributed by atoms with Gasteiger partial charge in [-0.2, -0.15) is 0 Å². The average molecular weight is 395 g/mol. The molecule has 3 aromatic rings. The summed E-state index contributed by atoms with van der Waals surface area (Å²) in [6, 6.07) is 12.0. The number of carbonyl (C=O) groups excluding carboxylic acids is 1. The van der Waals surface area contributed by atoms with Crippen LogP contribution in [-0.2, 0) is 0 Å². The molecule has 8 heteroatoms. The molecule has 2 aromatic carbocycles. The van der Waals surface area contributed by atoms with Gasteiger partial charge in [0, 0.05) is 6.54 Å². The molecular weight excluding hydrogens is 373 g/mol. The van der Waals surface area contributed by atoms with Gasteiger partial charge in [-0.1, -0.05) is 17.3 Å². The zero-order valence-electron chi connectivity index (χ0n) is 16.5. The van der Waals surface area contributed by atoms with Crippen LogP contribution in [0.4, 0.5) is 10.1 Å². The molecule has 0 fully saturated rings. The van der Waals surface area contributed by atoms with Crippen molar-refractivity contribution in [1.82, 2.24) is 19.9 Å². The third kappa shape index (κ3) is 3.97. The lowest BCUT2D eigenvalue weighted by molar-refractivity contribution is 0.0936. The fraction of sp³-hybridized carbons (Fsp3) is 0.286. The Morgan fingerprint density at radius 1 is 1.28 bits per heavy atom. The Kier molecular flexibility index (Phi) is 5.02. The number of aryl methyl sites for hydroxylation is 1. The van der Waals surface area contributed by atoms with Crippen LogP contribution in [-0.4, -0.2) is 59.1 Å². The van der Waals surface area contributed by atoms with Crippen molar-refractivity contribution in [1.29, 1.82) is 0 Å². The van der Waals surface area contributed by atoms with Gasteiger partial charge in [-0.05, 0) is 56.9 Å². The van der Waals surface area contributed by atoms with Crippen LogP contribution in [0.5, 0.6) is 5.75 Å². The zero-order chi connectivity index (χ0) is 20.5. The molecule has 2 heterocycles. The Morgan fingerprint density at radius 2 is 2.07 bits per heavy atom. The fourth-order valence-corrected chi connectivity index (χ4v) is 3.47. The van der Waals surface area contributed by atoms with E-state index in [0.717, 1.165) is 5.56 Å². The number of nitrogens with zero attached hydrogens (tertiary/aromatic N) is 5. The summed E-state index contributed by atoms with van der Waals surface area (Å²) in [7, 11) is 3.92. The van der Waals surface area contributed by atoms with Gasteiger partial charge >= 0.3 is 0 Å². The number of halogens is 1. The van der Waals surface area contributed by atoms with E-state index >= 15 is 0 Å². The number of amides is 1. The first-order valence-corrected chi connectivity index (χ1v) is 9.33. The zero-order valence-corrected chi connectivity index (χ0v) is 16.5. The Morgan fingerprint density at radius 3 is 2.83 bits per heavy atom. The van der Waals surface area contributed by atoms with Gasteiger partial charge in [-0.3, -0.25) is 9.69 Å². The predicted molar refractivity (Wildman–Crippen MR) is 107 cm³/mol. The number of carbonyl (C=O) groups is 1. The number of hydrogen-bond donors (Lipinski definition) is 0. The molecule has 1 amide bonds. The van der Waals surface area contributed by atoms with Crippen molar-refractivity contribution >= 4 is 11.6 Å². The Balaban J connectivity index is 1.64. The van der Waals surface area contributed by atoms with E-state index in [0.29, 0.717) is 30.2 Å². The molecule has 1 aromatic heterocycles. The number of para-hydroxylation sites is 2. The number of benzene rings is 2. The number of anilines is 1. The molecule has 29 heavy (non-hydrogen) atoms. The van der Waals surface area contributed by atoms with E-state index in [4.69, 9.17) is 4.74 Å². The molecule has 0 N–H and O–H groups in total. The van der Waals surface area contributed by atoms with Gasteiger partial charge in [0.05, 0.1) is 24.1 Å². The van der Waals surface area contributed by atoms with E-state index in [9.17, 15) is 9.18 Å². The lowest BCUT2D eigenvalue weighted by Gasteiger charge is -2.35. The molecule has 0 saturated carbocycles. The minimum Gasteiger partial charge on any atom is -0.485 e. The van der Waals surface area contributed by atoms with Gasteiger partial charge in [-0.25, -0.2) is 9.07 Å². The molecule has 150 valence electrons. The number of hydrogen-bond acceptors (Lipinski definition) is 5. The third-order valence-corrected chi connectivity index (χ3v) is 4.65. The number of fused-ring (bicyclic) bond motifs is 1. The summed E-state index contributed by atoms with van der Waals surface area (Å²) in [6.45, 7) is 2.87. The normalized spacial score (nSPS) is 15.9. The SMILES string of the molecule is Cc1cc(F)cc(-n2cc(C(=O)N3CC(CN(C)C)Oc4ccccc43)nn2)c1. The van der Waals surface area contributed by atoms with E-state index in [-0.39, 0.29) is 23.5 Å². The summed E-state index contributed by atoms with van der Waals surface area (Å²) in [5.41, 5.74) is 2.16. The van der Waals surface area contributed by atoms with E-state index in [1.807, 2.05) is 43.3 Å². The first-order valence-electron chi connectivity index (χ1n) is 9.33. The van der Waals surface area contributed by atoms with E-state index in [1.54, 1.807) is 17.9 Å². The van der Waals surface area contributed by atoms with Crippen molar-refractivity contribution in [3.05, 3.63) is 65.7 Å². The quantitative estimate of drug-likeness (QED) is 0.680. The second-order valence-electron chi connectivity index (χ2n) is 7.42. The van der Waals surface area contributed by atoms with Gasteiger partial charge < -0.3 is 9.64 Å². The molecule has 1 atom stereocenters. The molecule has 4 rings (SSSR count). The van der Waals surface area contributed by atoms with Crippen molar-refractivity contribution < 1.29 is 13.9 Å². The summed E-state index contributed by atoms with van der Waals surface area (Å²) < 4.78 is 21.2. The monoisotopic (exact) mass is 395 g/mol. The van der Waals surface area contributed by atoms with Crippen LogP contribution in [0.15, 0.2) is 48.7 Å². The molecule has 0 spiro atoms. The number of aromatic nitrogens is 3. The lowest BCUT2D eigenvalue weighted by atomic mass is 10.1. The third-order valence-electron chi connectivity index (χ3n) is 4.65. The molecular formula is C21H22FN5O2. The maximum atomic E-state index is 13.7. The number of ether oxygens (including phenoxy) is 1. The van der Waals surface area contributed by atoms with E-state index in [2.05, 4.69) is 10.3 Å². The fourth-order valence-electron chi connectivity index (χ4n) is 3.47. The van der Waals surface area contributed by atoms with Crippen molar-refractivity contribution in [2.45, 2.75) is 13.0 Å². The Labute approximate surface area is 168 Å². The van der Waals surface area contributed by atoms with Crippen LogP contribution >= 0.6 is 0 Å².